The summed E-state index contributed by atoms with van der Waals surface area (Å²) < 4.78 is 0. The predicted octanol–water partition coefficient (Wildman–Crippen LogP) is 5.47. The Morgan fingerprint density at radius 2 is 1.60 bits per heavy atom. The van der Waals surface area contributed by atoms with E-state index in [4.69, 9.17) is 0 Å². The molecule has 0 nitrogen and oxygen atoms in total. The number of hydrogen-bond donors (Lipinski definition) is 0. The van der Waals surface area contributed by atoms with E-state index in [0.29, 0.717) is 0 Å². The van der Waals surface area contributed by atoms with Gasteiger partial charge in [-0.2, -0.15) is 23.5 Å². The van der Waals surface area contributed by atoms with Crippen LogP contribution < -0.4 is 0 Å². The van der Waals surface area contributed by atoms with Crippen molar-refractivity contribution in [3.63, 3.8) is 0 Å². The monoisotopic (exact) mass is 250 g/mol. The van der Waals surface area contributed by atoms with E-state index >= 15 is 0 Å². The van der Waals surface area contributed by atoms with Crippen molar-refractivity contribution in [2.75, 3.05) is 23.0 Å². The fourth-order valence-corrected chi connectivity index (χ4v) is 2.88. The van der Waals surface area contributed by atoms with Crippen molar-refractivity contribution >= 4 is 23.5 Å². The SMILES string of the molecule is C1CCSCC1.CC.CCCCSCC. The van der Waals surface area contributed by atoms with Gasteiger partial charge in [-0.1, -0.05) is 40.5 Å². The van der Waals surface area contributed by atoms with Crippen molar-refractivity contribution in [1.29, 1.82) is 0 Å². The van der Waals surface area contributed by atoms with E-state index in [-0.39, 0.29) is 0 Å². The van der Waals surface area contributed by atoms with Crippen LogP contribution in [0.3, 0.4) is 0 Å². The Labute approximate surface area is 106 Å². The third kappa shape index (κ3) is 20.7. The van der Waals surface area contributed by atoms with Gasteiger partial charge in [0, 0.05) is 0 Å². The summed E-state index contributed by atoms with van der Waals surface area (Å²) in [6.45, 7) is 8.44. The van der Waals surface area contributed by atoms with Gasteiger partial charge in [-0.05, 0) is 42.3 Å². The van der Waals surface area contributed by atoms with Gasteiger partial charge in [0.2, 0.25) is 0 Å². The quantitative estimate of drug-likeness (QED) is 0.607. The predicted molar refractivity (Wildman–Crippen MR) is 80.4 cm³/mol. The molecule has 94 valence electrons. The molecule has 1 saturated heterocycles. The normalized spacial score (nSPS) is 14.4. The van der Waals surface area contributed by atoms with E-state index in [0.717, 1.165) is 0 Å². The van der Waals surface area contributed by atoms with Crippen LogP contribution in [0.15, 0.2) is 0 Å². The van der Waals surface area contributed by atoms with Gasteiger partial charge in [-0.15, -0.1) is 0 Å². The second-order valence-electron chi connectivity index (χ2n) is 3.22. The molecule has 0 saturated carbocycles. The summed E-state index contributed by atoms with van der Waals surface area (Å²) in [6.07, 6.45) is 7.13. The van der Waals surface area contributed by atoms with Gasteiger partial charge >= 0.3 is 0 Å². The van der Waals surface area contributed by atoms with E-state index < -0.39 is 0 Å². The number of thioether (sulfide) groups is 2. The van der Waals surface area contributed by atoms with Crippen LogP contribution in [0.25, 0.3) is 0 Å². The molecule has 1 aliphatic heterocycles. The molecule has 15 heavy (non-hydrogen) atoms. The molecule has 0 aromatic heterocycles. The summed E-state index contributed by atoms with van der Waals surface area (Å²) in [5.41, 5.74) is 0. The molecule has 1 rings (SSSR count). The zero-order chi connectivity index (χ0) is 11.8. The van der Waals surface area contributed by atoms with Crippen LogP contribution in [-0.2, 0) is 0 Å². The molecule has 0 radical (unpaired) electrons. The third-order valence-electron chi connectivity index (χ3n) is 1.92. The molecule has 1 aliphatic rings. The van der Waals surface area contributed by atoms with E-state index in [1.54, 1.807) is 0 Å². The van der Waals surface area contributed by atoms with Crippen LogP contribution in [-0.4, -0.2) is 23.0 Å². The zero-order valence-electron chi connectivity index (χ0n) is 11.2. The summed E-state index contributed by atoms with van der Waals surface area (Å²) in [5, 5.41) is 0. The Kier molecular flexibility index (Phi) is 24.3. The lowest BCUT2D eigenvalue weighted by Crippen LogP contribution is -1.91. The summed E-state index contributed by atoms with van der Waals surface area (Å²) in [7, 11) is 0. The summed E-state index contributed by atoms with van der Waals surface area (Å²) in [4.78, 5) is 0. The summed E-state index contributed by atoms with van der Waals surface area (Å²) in [6, 6.07) is 0. The van der Waals surface area contributed by atoms with Gasteiger partial charge in [0.25, 0.3) is 0 Å². The number of unbranched alkanes of at least 4 members (excludes halogenated alkanes) is 1. The van der Waals surface area contributed by atoms with Gasteiger partial charge in [-0.25, -0.2) is 0 Å². The Morgan fingerprint density at radius 3 is 1.87 bits per heavy atom. The topological polar surface area (TPSA) is 0 Å². The molecule has 0 spiro atoms. The highest BCUT2D eigenvalue weighted by atomic mass is 32.2. The smallest absolute Gasteiger partial charge is 0.00675 e. The van der Waals surface area contributed by atoms with Crippen molar-refractivity contribution in [2.24, 2.45) is 0 Å². The molecule has 2 heteroatoms. The van der Waals surface area contributed by atoms with Crippen molar-refractivity contribution in [3.05, 3.63) is 0 Å². The minimum atomic E-state index is 1.28. The van der Waals surface area contributed by atoms with E-state index in [9.17, 15) is 0 Å². The van der Waals surface area contributed by atoms with Crippen LogP contribution in [0.5, 0.6) is 0 Å². The van der Waals surface area contributed by atoms with Crippen molar-refractivity contribution in [2.45, 2.75) is 59.8 Å². The molecular formula is C13H30S2. The maximum Gasteiger partial charge on any atom is -0.00675 e. The second-order valence-corrected chi connectivity index (χ2v) is 5.84. The maximum absolute atomic E-state index is 2.23. The lowest BCUT2D eigenvalue weighted by Gasteiger charge is -2.05. The molecule has 1 fully saturated rings. The first-order valence-electron chi connectivity index (χ1n) is 6.57. The highest BCUT2D eigenvalue weighted by molar-refractivity contribution is 7.99. The van der Waals surface area contributed by atoms with Gasteiger partial charge < -0.3 is 0 Å². The Bertz CT molecular complexity index is 65.1. The van der Waals surface area contributed by atoms with E-state index in [1.165, 1.54) is 55.1 Å². The Hall–Kier alpha value is 0.700. The fraction of sp³-hybridized carbons (Fsp3) is 1.00. The molecule has 0 aromatic rings. The molecule has 0 unspecified atom stereocenters. The molecule has 0 atom stereocenters. The van der Waals surface area contributed by atoms with Crippen LogP contribution in [0.4, 0.5) is 0 Å². The minimum absolute atomic E-state index is 1.28. The van der Waals surface area contributed by atoms with Crippen LogP contribution in [0.1, 0.15) is 59.8 Å². The Morgan fingerprint density at radius 1 is 1.00 bits per heavy atom. The first kappa shape index (κ1) is 18.1. The molecule has 0 amide bonds. The molecule has 0 N–H and O–H groups in total. The standard InChI is InChI=1S/C6H14S.C5H10S.C2H6/c1-3-5-6-7-4-2;1-2-4-6-5-3-1;1-2/h3-6H2,1-2H3;1-5H2;1-2H3. The molecular weight excluding hydrogens is 220 g/mol. The average molecular weight is 251 g/mol. The van der Waals surface area contributed by atoms with Gasteiger partial charge in [0.05, 0.1) is 0 Å². The molecule has 1 heterocycles. The van der Waals surface area contributed by atoms with Crippen molar-refractivity contribution in [3.8, 4) is 0 Å². The third-order valence-corrected chi connectivity index (χ3v) is 4.06. The highest BCUT2D eigenvalue weighted by Crippen LogP contribution is 2.14. The van der Waals surface area contributed by atoms with Crippen LogP contribution in [0.2, 0.25) is 0 Å². The maximum atomic E-state index is 2.23. The minimum Gasteiger partial charge on any atom is -0.162 e. The number of hydrogen-bond acceptors (Lipinski definition) is 2. The largest absolute Gasteiger partial charge is 0.162 e. The lowest BCUT2D eigenvalue weighted by molar-refractivity contribution is 0.764. The number of rotatable bonds is 4. The van der Waals surface area contributed by atoms with E-state index in [2.05, 4.69) is 25.6 Å². The van der Waals surface area contributed by atoms with E-state index in [1.807, 2.05) is 25.6 Å². The lowest BCUT2D eigenvalue weighted by atomic mass is 10.3. The van der Waals surface area contributed by atoms with Gasteiger partial charge in [-0.3, -0.25) is 0 Å². The summed E-state index contributed by atoms with van der Waals surface area (Å²) >= 11 is 4.13. The summed E-state index contributed by atoms with van der Waals surface area (Å²) in [5.74, 6) is 5.47. The fourth-order valence-electron chi connectivity index (χ4n) is 1.08. The second kappa shape index (κ2) is 20.2. The van der Waals surface area contributed by atoms with Gasteiger partial charge in [0.15, 0.2) is 0 Å². The molecule has 0 aliphatic carbocycles. The zero-order valence-corrected chi connectivity index (χ0v) is 12.8. The highest BCUT2D eigenvalue weighted by Gasteiger charge is 1.95. The Balaban J connectivity index is 0. The van der Waals surface area contributed by atoms with Crippen molar-refractivity contribution in [1.82, 2.24) is 0 Å². The van der Waals surface area contributed by atoms with Crippen molar-refractivity contribution < 1.29 is 0 Å². The van der Waals surface area contributed by atoms with Gasteiger partial charge in [0.1, 0.15) is 0 Å². The average Bonchev–Trinajstić information content (AvgIpc) is 2.35. The molecule has 0 aromatic carbocycles. The van der Waals surface area contributed by atoms with Crippen LogP contribution >= 0.6 is 23.5 Å². The van der Waals surface area contributed by atoms with Crippen LogP contribution in [0, 0.1) is 0 Å². The first-order chi connectivity index (χ1) is 7.41. The first-order valence-corrected chi connectivity index (χ1v) is 8.88. The molecule has 0 bridgehead atoms.